The van der Waals surface area contributed by atoms with Crippen molar-refractivity contribution in [1.29, 1.82) is 0 Å². The Morgan fingerprint density at radius 3 is 2.80 bits per heavy atom. The zero-order chi connectivity index (χ0) is 17.1. The van der Waals surface area contributed by atoms with Crippen molar-refractivity contribution >= 4 is 17.3 Å². The van der Waals surface area contributed by atoms with Gasteiger partial charge in [-0.2, -0.15) is 5.10 Å². The quantitative estimate of drug-likeness (QED) is 0.757. The number of rotatable bonds is 4. The number of aromatic nitrogens is 2. The molecular weight excluding hydrogens is 316 g/mol. The second-order valence-electron chi connectivity index (χ2n) is 6.20. The van der Waals surface area contributed by atoms with Crippen LogP contribution in [0.5, 0.6) is 0 Å². The Morgan fingerprint density at radius 1 is 1.12 bits per heavy atom. The lowest BCUT2D eigenvalue weighted by atomic mass is 10.1. The van der Waals surface area contributed by atoms with Crippen LogP contribution in [0.15, 0.2) is 53.1 Å². The molecule has 128 valence electrons. The summed E-state index contributed by atoms with van der Waals surface area (Å²) in [6.07, 6.45) is 5.32. The molecule has 1 fully saturated rings. The molecule has 0 aliphatic carbocycles. The number of amides is 1. The molecule has 2 N–H and O–H groups in total. The topological polar surface area (TPSA) is 74.2 Å². The second-order valence-corrected chi connectivity index (χ2v) is 6.20. The molecule has 0 bridgehead atoms. The van der Waals surface area contributed by atoms with Gasteiger partial charge in [-0.05, 0) is 49.6 Å². The Kier molecular flexibility index (Phi) is 4.24. The van der Waals surface area contributed by atoms with E-state index in [1.807, 2.05) is 24.3 Å². The number of benzene rings is 1. The summed E-state index contributed by atoms with van der Waals surface area (Å²) in [5.41, 5.74) is 2.93. The van der Waals surface area contributed by atoms with Gasteiger partial charge in [0.2, 0.25) is 0 Å². The molecule has 3 heterocycles. The van der Waals surface area contributed by atoms with Gasteiger partial charge in [0, 0.05) is 30.5 Å². The molecule has 0 saturated carbocycles. The number of hydrogen-bond donors (Lipinski definition) is 2. The van der Waals surface area contributed by atoms with Crippen molar-refractivity contribution in [3.05, 3.63) is 54.4 Å². The number of hydrogen-bond acceptors (Lipinski definition) is 4. The summed E-state index contributed by atoms with van der Waals surface area (Å²) in [6.45, 7) is 2.15. The van der Waals surface area contributed by atoms with E-state index in [0.29, 0.717) is 17.1 Å². The maximum atomic E-state index is 12.4. The number of nitrogens with zero attached hydrogens (tertiary/aromatic N) is 2. The fourth-order valence-electron chi connectivity index (χ4n) is 3.12. The van der Waals surface area contributed by atoms with Gasteiger partial charge in [0.25, 0.3) is 5.91 Å². The summed E-state index contributed by atoms with van der Waals surface area (Å²) in [6, 6.07) is 13.3. The lowest BCUT2D eigenvalue weighted by Gasteiger charge is -2.29. The Hall–Kier alpha value is -3.02. The van der Waals surface area contributed by atoms with Crippen LogP contribution in [-0.2, 0) is 0 Å². The van der Waals surface area contributed by atoms with Crippen molar-refractivity contribution in [1.82, 2.24) is 10.2 Å². The number of aromatic amines is 1. The molecule has 0 radical (unpaired) electrons. The monoisotopic (exact) mass is 336 g/mol. The van der Waals surface area contributed by atoms with Gasteiger partial charge in [-0.25, -0.2) is 0 Å². The fourth-order valence-corrected chi connectivity index (χ4v) is 3.12. The number of H-pyrrole nitrogens is 1. The third-order valence-electron chi connectivity index (χ3n) is 4.42. The van der Waals surface area contributed by atoms with E-state index < -0.39 is 0 Å². The first-order valence-electron chi connectivity index (χ1n) is 8.55. The van der Waals surface area contributed by atoms with Gasteiger partial charge in [0.1, 0.15) is 5.69 Å². The minimum atomic E-state index is -0.246. The SMILES string of the molecule is O=C(Nc1cccc(N2CCCCC2)c1)c1cc(-c2ccco2)[nH]n1. The van der Waals surface area contributed by atoms with Gasteiger partial charge in [0.15, 0.2) is 11.5 Å². The van der Waals surface area contributed by atoms with Crippen LogP contribution in [0.25, 0.3) is 11.5 Å². The molecule has 1 aromatic carbocycles. The van der Waals surface area contributed by atoms with Crippen molar-refractivity contribution in [2.24, 2.45) is 0 Å². The van der Waals surface area contributed by atoms with Crippen LogP contribution >= 0.6 is 0 Å². The standard InChI is InChI=1S/C19H20N4O2/c24-19(17-13-16(21-22-17)18-8-5-11-25-18)20-14-6-4-7-15(12-14)23-9-2-1-3-10-23/h4-8,11-13H,1-3,9-10H2,(H,20,24)(H,21,22). The lowest BCUT2D eigenvalue weighted by Crippen LogP contribution is -2.29. The molecule has 3 aromatic rings. The van der Waals surface area contributed by atoms with Crippen LogP contribution in [0.1, 0.15) is 29.8 Å². The number of anilines is 2. The summed E-state index contributed by atoms with van der Waals surface area (Å²) in [5, 5.41) is 9.82. The molecule has 6 heteroatoms. The average Bonchev–Trinajstić information content (AvgIpc) is 3.34. The summed E-state index contributed by atoms with van der Waals surface area (Å²) in [5.74, 6) is 0.406. The predicted octanol–water partition coefficient (Wildman–Crippen LogP) is 3.91. The molecule has 2 aromatic heterocycles. The second kappa shape index (κ2) is 6.84. The van der Waals surface area contributed by atoms with Crippen LogP contribution in [0, 0.1) is 0 Å². The molecular formula is C19H20N4O2. The van der Waals surface area contributed by atoms with Gasteiger partial charge < -0.3 is 14.6 Å². The van der Waals surface area contributed by atoms with Crippen molar-refractivity contribution in [2.75, 3.05) is 23.3 Å². The van der Waals surface area contributed by atoms with E-state index in [9.17, 15) is 4.79 Å². The third kappa shape index (κ3) is 3.42. The Bertz CT molecular complexity index is 848. The molecule has 0 spiro atoms. The Labute approximate surface area is 145 Å². The van der Waals surface area contributed by atoms with Crippen LogP contribution < -0.4 is 10.2 Å². The van der Waals surface area contributed by atoms with E-state index in [0.717, 1.165) is 24.5 Å². The molecule has 1 aliphatic rings. The van der Waals surface area contributed by atoms with Gasteiger partial charge in [-0.1, -0.05) is 6.07 Å². The highest BCUT2D eigenvalue weighted by Crippen LogP contribution is 2.24. The van der Waals surface area contributed by atoms with Crippen LogP contribution in [0.4, 0.5) is 11.4 Å². The Morgan fingerprint density at radius 2 is 2.00 bits per heavy atom. The van der Waals surface area contributed by atoms with E-state index in [-0.39, 0.29) is 5.91 Å². The summed E-state index contributed by atoms with van der Waals surface area (Å²) in [7, 11) is 0. The number of nitrogens with one attached hydrogen (secondary N) is 2. The minimum Gasteiger partial charge on any atom is -0.463 e. The van der Waals surface area contributed by atoms with Crippen molar-refractivity contribution < 1.29 is 9.21 Å². The van der Waals surface area contributed by atoms with Crippen molar-refractivity contribution in [2.45, 2.75) is 19.3 Å². The number of piperidine rings is 1. The highest BCUT2D eigenvalue weighted by molar-refractivity contribution is 6.03. The molecule has 4 rings (SSSR count). The normalized spacial score (nSPS) is 14.5. The van der Waals surface area contributed by atoms with Crippen LogP contribution in [0.2, 0.25) is 0 Å². The van der Waals surface area contributed by atoms with Gasteiger partial charge in [-0.3, -0.25) is 9.89 Å². The molecule has 25 heavy (non-hydrogen) atoms. The third-order valence-corrected chi connectivity index (χ3v) is 4.42. The highest BCUT2D eigenvalue weighted by Gasteiger charge is 2.15. The molecule has 0 unspecified atom stereocenters. The fraction of sp³-hybridized carbons (Fsp3) is 0.263. The number of furan rings is 1. The smallest absolute Gasteiger partial charge is 0.276 e. The van der Waals surface area contributed by atoms with E-state index >= 15 is 0 Å². The zero-order valence-corrected chi connectivity index (χ0v) is 13.9. The number of carbonyl (C=O) groups excluding carboxylic acids is 1. The van der Waals surface area contributed by atoms with Gasteiger partial charge >= 0.3 is 0 Å². The van der Waals surface area contributed by atoms with Crippen molar-refractivity contribution in [3.63, 3.8) is 0 Å². The molecule has 0 atom stereocenters. The predicted molar refractivity (Wildman–Crippen MR) is 96.7 cm³/mol. The summed E-state index contributed by atoms with van der Waals surface area (Å²) in [4.78, 5) is 14.8. The number of carbonyl (C=O) groups is 1. The maximum Gasteiger partial charge on any atom is 0.276 e. The minimum absolute atomic E-state index is 0.246. The first-order valence-corrected chi connectivity index (χ1v) is 8.55. The highest BCUT2D eigenvalue weighted by atomic mass is 16.3. The van der Waals surface area contributed by atoms with E-state index in [1.54, 1.807) is 18.4 Å². The molecule has 1 amide bonds. The lowest BCUT2D eigenvalue weighted by molar-refractivity contribution is 0.102. The average molecular weight is 336 g/mol. The molecule has 6 nitrogen and oxygen atoms in total. The summed E-state index contributed by atoms with van der Waals surface area (Å²) < 4.78 is 5.31. The van der Waals surface area contributed by atoms with E-state index in [2.05, 4.69) is 26.5 Å². The van der Waals surface area contributed by atoms with Gasteiger partial charge in [-0.15, -0.1) is 0 Å². The Balaban J connectivity index is 1.47. The van der Waals surface area contributed by atoms with Crippen LogP contribution in [-0.4, -0.2) is 29.2 Å². The van der Waals surface area contributed by atoms with Crippen LogP contribution in [0.3, 0.4) is 0 Å². The molecule has 1 saturated heterocycles. The van der Waals surface area contributed by atoms with E-state index in [4.69, 9.17) is 4.42 Å². The molecule has 1 aliphatic heterocycles. The van der Waals surface area contributed by atoms with Gasteiger partial charge in [0.05, 0.1) is 6.26 Å². The first-order chi connectivity index (χ1) is 12.3. The largest absolute Gasteiger partial charge is 0.463 e. The summed E-state index contributed by atoms with van der Waals surface area (Å²) >= 11 is 0. The first kappa shape index (κ1) is 15.5. The van der Waals surface area contributed by atoms with E-state index in [1.165, 1.54) is 19.3 Å². The zero-order valence-electron chi connectivity index (χ0n) is 13.9. The van der Waals surface area contributed by atoms with Crippen molar-refractivity contribution in [3.8, 4) is 11.5 Å². The maximum absolute atomic E-state index is 12.4.